The lowest BCUT2D eigenvalue weighted by Gasteiger charge is -2.49. The zero-order valence-corrected chi connectivity index (χ0v) is 20.6. The first-order valence-corrected chi connectivity index (χ1v) is 11.7. The third kappa shape index (κ3) is 4.87. The minimum atomic E-state index is -8.64. The van der Waals surface area contributed by atoms with Gasteiger partial charge in [-0.1, -0.05) is 38.3 Å². The van der Waals surface area contributed by atoms with E-state index in [9.17, 15) is 65.9 Å². The molecule has 0 spiro atoms. The van der Waals surface area contributed by atoms with Crippen LogP contribution >= 0.6 is 0 Å². The molecule has 0 bridgehead atoms. The van der Waals surface area contributed by atoms with E-state index < -0.39 is 84.3 Å². The fraction of sp³-hybridized carbons (Fsp3) is 0.739. The van der Waals surface area contributed by atoms with Crippen LogP contribution in [0.3, 0.4) is 0 Å². The summed E-state index contributed by atoms with van der Waals surface area (Å²) in [6.07, 6.45) is -10.4. The van der Waals surface area contributed by atoms with Crippen molar-refractivity contribution >= 4 is 0 Å². The Kier molecular flexibility index (Phi) is 8.99. The molecular formula is C23H21F17O. The van der Waals surface area contributed by atoms with Gasteiger partial charge in [-0.15, -0.1) is 0 Å². The second-order valence-electron chi connectivity index (χ2n) is 9.53. The topological polar surface area (TPSA) is 9.23 Å². The number of alkyl halides is 17. The second kappa shape index (κ2) is 10.5. The lowest BCUT2D eigenvalue weighted by Crippen LogP contribution is -2.76. The van der Waals surface area contributed by atoms with Crippen LogP contribution in [0, 0.1) is 0 Å². The summed E-state index contributed by atoms with van der Waals surface area (Å²) in [6.45, 7) is 1.74. The first-order valence-electron chi connectivity index (χ1n) is 11.7. The molecule has 1 aliphatic carbocycles. The maximum atomic E-state index is 15.5. The van der Waals surface area contributed by atoms with Crippen molar-refractivity contribution in [3.8, 4) is 5.75 Å². The highest BCUT2D eigenvalue weighted by Crippen LogP contribution is 2.67. The molecule has 238 valence electrons. The summed E-state index contributed by atoms with van der Waals surface area (Å²) >= 11 is 0. The van der Waals surface area contributed by atoms with Gasteiger partial charge in [-0.2, -0.15) is 74.6 Å². The van der Waals surface area contributed by atoms with Crippen molar-refractivity contribution < 1.29 is 79.4 Å². The lowest BCUT2D eigenvalue weighted by molar-refractivity contribution is -0.464. The Morgan fingerprint density at radius 2 is 0.951 bits per heavy atom. The van der Waals surface area contributed by atoms with Crippen LogP contribution in [0.4, 0.5) is 74.6 Å². The van der Waals surface area contributed by atoms with Crippen LogP contribution in [0.5, 0.6) is 5.75 Å². The highest BCUT2D eigenvalue weighted by molar-refractivity contribution is 5.37. The van der Waals surface area contributed by atoms with Gasteiger partial charge >= 0.3 is 47.6 Å². The molecule has 0 saturated heterocycles. The number of rotatable bonds is 11. The number of ether oxygens (including phenoxy) is 1. The Morgan fingerprint density at radius 3 is 1.34 bits per heavy atom. The zero-order chi connectivity index (χ0) is 32.1. The summed E-state index contributed by atoms with van der Waals surface area (Å²) in [5.74, 6) is -56.5. The van der Waals surface area contributed by atoms with Gasteiger partial charge in [0.1, 0.15) is 5.75 Å². The normalized spacial score (nSPS) is 18.4. The monoisotopic (exact) mass is 636 g/mol. The van der Waals surface area contributed by atoms with Crippen LogP contribution in [-0.4, -0.2) is 54.2 Å². The highest BCUT2D eigenvalue weighted by atomic mass is 19.4. The minimum absolute atomic E-state index is 0.0322. The Morgan fingerprint density at radius 1 is 0.561 bits per heavy atom. The predicted octanol–water partition coefficient (Wildman–Crippen LogP) is 9.69. The SMILES string of the molecule is CCCOc1ccc(C2(C(F)(F)C(F)(F)C(F)(F)C(F)(F)C(F)(F)C(F)(F)C(F)(F)C(F)(F)F)CCCCC2)cc1. The summed E-state index contributed by atoms with van der Waals surface area (Å²) in [6, 6.07) is 3.17. The van der Waals surface area contributed by atoms with E-state index in [1.807, 2.05) is 0 Å². The number of benzene rings is 1. The van der Waals surface area contributed by atoms with Crippen molar-refractivity contribution in [2.45, 2.75) is 98.5 Å². The maximum absolute atomic E-state index is 15.5. The molecule has 2 rings (SSSR count). The summed E-state index contributed by atoms with van der Waals surface area (Å²) in [5.41, 5.74) is -4.42. The van der Waals surface area contributed by atoms with Crippen molar-refractivity contribution in [3.05, 3.63) is 29.8 Å². The van der Waals surface area contributed by atoms with E-state index in [1.165, 1.54) is 0 Å². The van der Waals surface area contributed by atoms with Crippen LogP contribution in [-0.2, 0) is 5.41 Å². The largest absolute Gasteiger partial charge is 0.494 e. The summed E-state index contributed by atoms with van der Waals surface area (Å²) < 4.78 is 241. The smallest absolute Gasteiger partial charge is 0.460 e. The fourth-order valence-corrected chi connectivity index (χ4v) is 4.49. The molecule has 1 aromatic carbocycles. The van der Waals surface area contributed by atoms with Gasteiger partial charge in [0.25, 0.3) is 0 Å². The van der Waals surface area contributed by atoms with Crippen LogP contribution in [0.1, 0.15) is 51.0 Å². The van der Waals surface area contributed by atoms with Crippen molar-refractivity contribution in [1.29, 1.82) is 0 Å². The Bertz CT molecular complexity index is 1040. The molecule has 1 nitrogen and oxygen atoms in total. The van der Waals surface area contributed by atoms with Crippen LogP contribution < -0.4 is 4.74 Å². The summed E-state index contributed by atoms with van der Waals surface area (Å²) in [5, 5.41) is 0. The summed E-state index contributed by atoms with van der Waals surface area (Å²) in [4.78, 5) is 0. The average Bonchev–Trinajstić information content (AvgIpc) is 2.86. The van der Waals surface area contributed by atoms with Crippen molar-refractivity contribution in [2.75, 3.05) is 6.61 Å². The number of halogens is 17. The van der Waals surface area contributed by atoms with Crippen molar-refractivity contribution in [2.24, 2.45) is 0 Å². The third-order valence-electron chi connectivity index (χ3n) is 6.91. The molecule has 0 aliphatic heterocycles. The minimum Gasteiger partial charge on any atom is -0.494 e. The number of hydrogen-bond donors (Lipinski definition) is 0. The highest BCUT2D eigenvalue weighted by Gasteiger charge is 2.96. The molecule has 18 heteroatoms. The van der Waals surface area contributed by atoms with E-state index in [1.54, 1.807) is 6.92 Å². The molecule has 1 aromatic rings. The fourth-order valence-electron chi connectivity index (χ4n) is 4.49. The second-order valence-corrected chi connectivity index (χ2v) is 9.53. The van der Waals surface area contributed by atoms with E-state index in [2.05, 4.69) is 0 Å². The quantitative estimate of drug-likeness (QED) is 0.220. The predicted molar refractivity (Wildman–Crippen MR) is 108 cm³/mol. The van der Waals surface area contributed by atoms with E-state index in [4.69, 9.17) is 4.74 Å². The first kappa shape index (κ1) is 35.0. The maximum Gasteiger partial charge on any atom is 0.460 e. The molecule has 0 N–H and O–H groups in total. The van der Waals surface area contributed by atoms with Crippen LogP contribution in [0.25, 0.3) is 0 Å². The lowest BCUT2D eigenvalue weighted by atomic mass is 9.62. The Hall–Kier alpha value is -2.17. The van der Waals surface area contributed by atoms with Crippen LogP contribution in [0.2, 0.25) is 0 Å². The Balaban J connectivity index is 2.71. The molecule has 1 fully saturated rings. The molecule has 1 aliphatic rings. The molecule has 0 heterocycles. The molecule has 41 heavy (non-hydrogen) atoms. The Labute approximate surface area is 221 Å². The van der Waals surface area contributed by atoms with E-state index >= 15 is 8.78 Å². The molecule has 1 saturated carbocycles. The molecule has 0 amide bonds. The van der Waals surface area contributed by atoms with E-state index in [-0.39, 0.29) is 18.8 Å². The van der Waals surface area contributed by atoms with Gasteiger partial charge in [-0.3, -0.25) is 0 Å². The van der Waals surface area contributed by atoms with E-state index in [0.717, 1.165) is 12.1 Å². The van der Waals surface area contributed by atoms with Gasteiger partial charge in [0.05, 0.1) is 12.0 Å². The van der Waals surface area contributed by atoms with Gasteiger partial charge < -0.3 is 4.74 Å². The molecule has 0 aromatic heterocycles. The third-order valence-corrected chi connectivity index (χ3v) is 6.91. The first-order chi connectivity index (χ1) is 18.2. The number of hydrogen-bond acceptors (Lipinski definition) is 1. The standard InChI is InChI=1S/C23H21F17O/c1-2-12-41-14-8-6-13(7-9-14)15(10-4-3-5-11-15)16(24,25)17(26,27)18(28,29)19(30,31)20(32,33)21(34,35)22(36,37)23(38,39)40/h6-9H,2-5,10-12H2,1H3. The molecule has 0 atom stereocenters. The van der Waals surface area contributed by atoms with Crippen LogP contribution in [0.15, 0.2) is 24.3 Å². The van der Waals surface area contributed by atoms with Gasteiger partial charge in [0.15, 0.2) is 0 Å². The molecule has 0 unspecified atom stereocenters. The van der Waals surface area contributed by atoms with E-state index in [0.29, 0.717) is 18.6 Å². The zero-order valence-electron chi connectivity index (χ0n) is 20.6. The van der Waals surface area contributed by atoms with Crippen molar-refractivity contribution in [3.63, 3.8) is 0 Å². The van der Waals surface area contributed by atoms with Gasteiger partial charge in [0.2, 0.25) is 0 Å². The molecule has 0 radical (unpaired) electrons. The van der Waals surface area contributed by atoms with Gasteiger partial charge in [-0.25, -0.2) is 0 Å². The average molecular weight is 636 g/mol. The molecular weight excluding hydrogens is 615 g/mol. The van der Waals surface area contributed by atoms with Gasteiger partial charge in [0, 0.05) is 0 Å². The summed E-state index contributed by atoms with van der Waals surface area (Å²) in [7, 11) is 0. The van der Waals surface area contributed by atoms with Crippen molar-refractivity contribution in [1.82, 2.24) is 0 Å². The van der Waals surface area contributed by atoms with Gasteiger partial charge in [-0.05, 0) is 37.0 Å².